The summed E-state index contributed by atoms with van der Waals surface area (Å²) in [6, 6.07) is 7.72. The largest absolute Gasteiger partial charge is 0.465 e. The Labute approximate surface area is 139 Å². The van der Waals surface area contributed by atoms with Gasteiger partial charge in [-0.1, -0.05) is 26.0 Å². The molecule has 1 aliphatic heterocycles. The molecule has 1 aliphatic rings. The van der Waals surface area contributed by atoms with Crippen molar-refractivity contribution in [3.63, 3.8) is 0 Å². The van der Waals surface area contributed by atoms with E-state index in [2.05, 4.69) is 18.7 Å². The molecule has 0 radical (unpaired) electrons. The van der Waals surface area contributed by atoms with Gasteiger partial charge < -0.3 is 9.47 Å². The summed E-state index contributed by atoms with van der Waals surface area (Å²) in [6.07, 6.45) is 3.90. The number of methoxy groups -OCH3 is 1. The molecule has 2 rings (SSSR count). The van der Waals surface area contributed by atoms with E-state index in [-0.39, 0.29) is 5.97 Å². The van der Waals surface area contributed by atoms with Crippen LogP contribution in [0.2, 0.25) is 0 Å². The van der Waals surface area contributed by atoms with Gasteiger partial charge in [0.25, 0.3) is 0 Å². The molecule has 0 N–H and O–H groups in total. The van der Waals surface area contributed by atoms with Gasteiger partial charge in [0, 0.05) is 19.7 Å². The van der Waals surface area contributed by atoms with Crippen molar-refractivity contribution in [2.75, 3.05) is 26.8 Å². The van der Waals surface area contributed by atoms with E-state index in [0.717, 1.165) is 26.2 Å². The van der Waals surface area contributed by atoms with Gasteiger partial charge in [-0.3, -0.25) is 4.90 Å². The first kappa shape index (κ1) is 18.0. The number of carbonyl (C=O) groups is 1. The van der Waals surface area contributed by atoms with Crippen molar-refractivity contribution in [1.29, 1.82) is 0 Å². The second-order valence-electron chi connectivity index (χ2n) is 6.74. The van der Waals surface area contributed by atoms with Gasteiger partial charge in [-0.05, 0) is 49.4 Å². The molecular formula is C19H29NO3. The Hall–Kier alpha value is -1.39. The zero-order chi connectivity index (χ0) is 16.7. The molecule has 23 heavy (non-hydrogen) atoms. The summed E-state index contributed by atoms with van der Waals surface area (Å²) in [4.78, 5) is 14.0. The molecule has 1 unspecified atom stereocenters. The van der Waals surface area contributed by atoms with Crippen LogP contribution in [0.15, 0.2) is 24.3 Å². The Kier molecular flexibility index (Phi) is 7.06. The third kappa shape index (κ3) is 5.96. The number of hydrogen-bond acceptors (Lipinski definition) is 4. The number of esters is 1. The average Bonchev–Trinajstić information content (AvgIpc) is 3.05. The maximum absolute atomic E-state index is 11.5. The van der Waals surface area contributed by atoms with Crippen LogP contribution in [0.25, 0.3) is 0 Å². The molecule has 1 aromatic rings. The van der Waals surface area contributed by atoms with E-state index in [9.17, 15) is 4.79 Å². The molecule has 4 nitrogen and oxygen atoms in total. The van der Waals surface area contributed by atoms with E-state index in [1.807, 2.05) is 24.3 Å². The van der Waals surface area contributed by atoms with Crippen molar-refractivity contribution in [3.8, 4) is 0 Å². The summed E-state index contributed by atoms with van der Waals surface area (Å²) < 4.78 is 10.5. The van der Waals surface area contributed by atoms with Crippen molar-refractivity contribution in [2.45, 2.75) is 45.8 Å². The maximum atomic E-state index is 11.5. The van der Waals surface area contributed by atoms with E-state index < -0.39 is 0 Å². The Morgan fingerprint density at radius 1 is 1.35 bits per heavy atom. The molecule has 0 amide bonds. The highest BCUT2D eigenvalue weighted by atomic mass is 16.5. The van der Waals surface area contributed by atoms with Crippen LogP contribution in [0.3, 0.4) is 0 Å². The first-order valence-corrected chi connectivity index (χ1v) is 8.59. The minimum atomic E-state index is -0.285. The maximum Gasteiger partial charge on any atom is 0.337 e. The van der Waals surface area contributed by atoms with Crippen LogP contribution in [-0.4, -0.2) is 43.8 Å². The van der Waals surface area contributed by atoms with Crippen LogP contribution in [0.5, 0.6) is 0 Å². The molecular weight excluding hydrogens is 290 g/mol. The van der Waals surface area contributed by atoms with E-state index in [0.29, 0.717) is 17.6 Å². The second-order valence-corrected chi connectivity index (χ2v) is 6.74. The smallest absolute Gasteiger partial charge is 0.337 e. The summed E-state index contributed by atoms with van der Waals surface area (Å²) in [5.41, 5.74) is 1.82. The standard InChI is InChI=1S/C19H29NO3/c1-15(2)10-11-20(14-18-5-4-12-23-18)13-16-6-8-17(9-7-16)19(21)22-3/h6-9,15,18H,4-5,10-14H2,1-3H3. The highest BCUT2D eigenvalue weighted by molar-refractivity contribution is 5.89. The molecule has 1 fully saturated rings. The quantitative estimate of drug-likeness (QED) is 0.688. The Morgan fingerprint density at radius 2 is 2.09 bits per heavy atom. The van der Waals surface area contributed by atoms with Crippen molar-refractivity contribution in [2.24, 2.45) is 5.92 Å². The van der Waals surface area contributed by atoms with Crippen LogP contribution in [0.4, 0.5) is 0 Å². The molecule has 0 saturated carbocycles. The van der Waals surface area contributed by atoms with Crippen molar-refractivity contribution in [1.82, 2.24) is 4.90 Å². The number of rotatable bonds is 8. The van der Waals surface area contributed by atoms with Crippen LogP contribution < -0.4 is 0 Å². The van der Waals surface area contributed by atoms with Gasteiger partial charge in [-0.2, -0.15) is 0 Å². The molecule has 0 spiro atoms. The summed E-state index contributed by atoms with van der Waals surface area (Å²) in [5.74, 6) is 0.413. The lowest BCUT2D eigenvalue weighted by molar-refractivity contribution is 0.0600. The first-order chi connectivity index (χ1) is 11.1. The monoisotopic (exact) mass is 319 g/mol. The van der Waals surface area contributed by atoms with Crippen molar-refractivity contribution >= 4 is 5.97 Å². The fourth-order valence-electron chi connectivity index (χ4n) is 2.87. The first-order valence-electron chi connectivity index (χ1n) is 8.59. The van der Waals surface area contributed by atoms with Crippen LogP contribution in [-0.2, 0) is 16.0 Å². The molecule has 1 saturated heterocycles. The van der Waals surface area contributed by atoms with Gasteiger partial charge in [0.2, 0.25) is 0 Å². The van der Waals surface area contributed by atoms with Crippen LogP contribution >= 0.6 is 0 Å². The second kappa shape index (κ2) is 9.04. The molecule has 0 bridgehead atoms. The number of hydrogen-bond donors (Lipinski definition) is 0. The summed E-state index contributed by atoms with van der Waals surface area (Å²) in [5, 5.41) is 0. The predicted molar refractivity (Wildman–Crippen MR) is 91.5 cm³/mol. The number of benzene rings is 1. The third-order valence-electron chi connectivity index (χ3n) is 4.29. The summed E-state index contributed by atoms with van der Waals surface area (Å²) in [7, 11) is 1.41. The van der Waals surface area contributed by atoms with Crippen LogP contribution in [0.1, 0.15) is 49.0 Å². The molecule has 0 aliphatic carbocycles. The minimum Gasteiger partial charge on any atom is -0.465 e. The summed E-state index contributed by atoms with van der Waals surface area (Å²) >= 11 is 0. The molecule has 1 heterocycles. The van der Waals surface area contributed by atoms with Gasteiger partial charge in [0.1, 0.15) is 0 Å². The molecule has 1 aromatic carbocycles. The zero-order valence-corrected chi connectivity index (χ0v) is 14.6. The molecule has 0 aromatic heterocycles. The normalized spacial score (nSPS) is 17.9. The SMILES string of the molecule is COC(=O)c1ccc(CN(CCC(C)C)CC2CCCO2)cc1. The minimum absolute atomic E-state index is 0.285. The van der Waals surface area contributed by atoms with E-state index in [4.69, 9.17) is 9.47 Å². The van der Waals surface area contributed by atoms with Crippen LogP contribution in [0, 0.1) is 5.92 Å². The van der Waals surface area contributed by atoms with Gasteiger partial charge in [0.15, 0.2) is 0 Å². The fraction of sp³-hybridized carbons (Fsp3) is 0.632. The average molecular weight is 319 g/mol. The Morgan fingerprint density at radius 3 is 2.65 bits per heavy atom. The topological polar surface area (TPSA) is 38.8 Å². The van der Waals surface area contributed by atoms with Crippen molar-refractivity contribution in [3.05, 3.63) is 35.4 Å². The lowest BCUT2D eigenvalue weighted by Crippen LogP contribution is -2.33. The van der Waals surface area contributed by atoms with Gasteiger partial charge >= 0.3 is 5.97 Å². The highest BCUT2D eigenvalue weighted by Gasteiger charge is 2.19. The lowest BCUT2D eigenvalue weighted by Gasteiger charge is -2.26. The number of ether oxygens (including phenoxy) is 2. The van der Waals surface area contributed by atoms with E-state index in [1.165, 1.54) is 31.9 Å². The molecule has 128 valence electrons. The highest BCUT2D eigenvalue weighted by Crippen LogP contribution is 2.17. The Balaban J connectivity index is 1.95. The van der Waals surface area contributed by atoms with E-state index >= 15 is 0 Å². The fourth-order valence-corrected chi connectivity index (χ4v) is 2.87. The van der Waals surface area contributed by atoms with Crippen molar-refractivity contribution < 1.29 is 14.3 Å². The number of carbonyl (C=O) groups excluding carboxylic acids is 1. The number of nitrogens with zero attached hydrogens (tertiary/aromatic N) is 1. The van der Waals surface area contributed by atoms with E-state index in [1.54, 1.807) is 0 Å². The Bertz CT molecular complexity index is 478. The lowest BCUT2D eigenvalue weighted by atomic mass is 10.1. The summed E-state index contributed by atoms with van der Waals surface area (Å²) in [6.45, 7) is 8.39. The zero-order valence-electron chi connectivity index (χ0n) is 14.6. The van der Waals surface area contributed by atoms with Gasteiger partial charge in [-0.25, -0.2) is 4.79 Å². The molecule has 4 heteroatoms. The van der Waals surface area contributed by atoms with Gasteiger partial charge in [-0.15, -0.1) is 0 Å². The van der Waals surface area contributed by atoms with Gasteiger partial charge in [0.05, 0.1) is 18.8 Å². The third-order valence-corrected chi connectivity index (χ3v) is 4.29. The predicted octanol–water partition coefficient (Wildman–Crippen LogP) is 3.50. The molecule has 1 atom stereocenters.